The van der Waals surface area contributed by atoms with Gasteiger partial charge in [-0.05, 0) is 44.7 Å². The van der Waals surface area contributed by atoms with E-state index in [1.54, 1.807) is 6.20 Å². The van der Waals surface area contributed by atoms with Crippen LogP contribution in [0.15, 0.2) is 30.5 Å². The maximum Gasteiger partial charge on any atom is 0.257 e. The molecular formula is C23H32N4O2. The lowest BCUT2D eigenvalue weighted by molar-refractivity contribution is -0.135. The van der Waals surface area contributed by atoms with Gasteiger partial charge in [0.2, 0.25) is 5.91 Å². The standard InChI is InChI=1S/C23H32N4O2/c1-5-6-13-25(4)22(28)19-11-14-26(15-12-19)23(29)20-16-24-27(18(20)3)21-10-8-7-9-17(21)2/h7-10,16,19H,5-6,11-15H2,1-4H3. The number of likely N-dealkylation sites (tertiary alicyclic amines) is 1. The van der Waals surface area contributed by atoms with Gasteiger partial charge >= 0.3 is 0 Å². The third-order valence-electron chi connectivity index (χ3n) is 5.94. The van der Waals surface area contributed by atoms with Crippen LogP contribution in [0.25, 0.3) is 5.69 Å². The van der Waals surface area contributed by atoms with Crippen LogP contribution in [0.1, 0.15) is 54.2 Å². The van der Waals surface area contributed by atoms with Crippen molar-refractivity contribution in [2.24, 2.45) is 5.92 Å². The Morgan fingerprint density at radius 1 is 1.17 bits per heavy atom. The van der Waals surface area contributed by atoms with E-state index in [9.17, 15) is 9.59 Å². The largest absolute Gasteiger partial charge is 0.346 e. The third kappa shape index (κ3) is 4.52. The van der Waals surface area contributed by atoms with Crippen molar-refractivity contribution in [3.05, 3.63) is 47.3 Å². The minimum absolute atomic E-state index is 0.00701. The minimum atomic E-state index is 0.00701. The van der Waals surface area contributed by atoms with Crippen LogP contribution >= 0.6 is 0 Å². The van der Waals surface area contributed by atoms with E-state index in [1.165, 1.54) is 0 Å². The normalized spacial score (nSPS) is 14.8. The molecule has 0 unspecified atom stereocenters. The van der Waals surface area contributed by atoms with Gasteiger partial charge in [0.25, 0.3) is 5.91 Å². The smallest absolute Gasteiger partial charge is 0.257 e. The molecule has 1 aromatic heterocycles. The quantitative estimate of drug-likeness (QED) is 0.750. The highest BCUT2D eigenvalue weighted by Crippen LogP contribution is 2.23. The number of carbonyl (C=O) groups excluding carboxylic acids is 2. The zero-order chi connectivity index (χ0) is 21.0. The number of hydrogen-bond acceptors (Lipinski definition) is 3. The van der Waals surface area contributed by atoms with Crippen molar-refractivity contribution in [2.45, 2.75) is 46.5 Å². The first-order valence-corrected chi connectivity index (χ1v) is 10.6. The molecule has 3 rings (SSSR count). The number of hydrogen-bond donors (Lipinski definition) is 0. The number of para-hydroxylation sites is 1. The van der Waals surface area contributed by atoms with Crippen molar-refractivity contribution in [1.29, 1.82) is 0 Å². The highest BCUT2D eigenvalue weighted by Gasteiger charge is 2.30. The number of unbranched alkanes of at least 4 members (excludes halogenated alkanes) is 1. The second-order valence-electron chi connectivity index (χ2n) is 8.02. The fourth-order valence-corrected chi connectivity index (χ4v) is 3.98. The van der Waals surface area contributed by atoms with E-state index in [1.807, 2.05) is 59.6 Å². The van der Waals surface area contributed by atoms with Gasteiger partial charge in [-0.1, -0.05) is 31.5 Å². The maximum absolute atomic E-state index is 13.1. The zero-order valence-corrected chi connectivity index (χ0v) is 18.0. The van der Waals surface area contributed by atoms with Crippen LogP contribution < -0.4 is 0 Å². The molecule has 2 heterocycles. The first-order chi connectivity index (χ1) is 13.9. The molecule has 2 aromatic rings. The summed E-state index contributed by atoms with van der Waals surface area (Å²) < 4.78 is 1.83. The number of aryl methyl sites for hydroxylation is 1. The predicted octanol–water partition coefficient (Wildman–Crippen LogP) is 3.60. The van der Waals surface area contributed by atoms with Crippen molar-refractivity contribution in [1.82, 2.24) is 19.6 Å². The first-order valence-electron chi connectivity index (χ1n) is 10.6. The van der Waals surface area contributed by atoms with Crippen LogP contribution in [0.5, 0.6) is 0 Å². The van der Waals surface area contributed by atoms with Gasteiger partial charge in [-0.3, -0.25) is 9.59 Å². The van der Waals surface area contributed by atoms with E-state index in [4.69, 9.17) is 0 Å². The lowest BCUT2D eigenvalue weighted by Crippen LogP contribution is -2.43. The Morgan fingerprint density at radius 3 is 2.52 bits per heavy atom. The molecule has 2 amide bonds. The Kier molecular flexibility index (Phi) is 6.72. The summed E-state index contributed by atoms with van der Waals surface area (Å²) in [6.45, 7) is 8.15. The number of amides is 2. The molecule has 1 fully saturated rings. The van der Waals surface area contributed by atoms with Crippen molar-refractivity contribution in [3.8, 4) is 5.69 Å². The summed E-state index contributed by atoms with van der Waals surface area (Å²) in [6.07, 6.45) is 5.24. The second kappa shape index (κ2) is 9.25. The van der Waals surface area contributed by atoms with Crippen molar-refractivity contribution >= 4 is 11.8 Å². The van der Waals surface area contributed by atoms with E-state index >= 15 is 0 Å². The summed E-state index contributed by atoms with van der Waals surface area (Å²) in [7, 11) is 1.89. The van der Waals surface area contributed by atoms with E-state index in [0.717, 1.165) is 49.2 Å². The molecule has 6 nitrogen and oxygen atoms in total. The predicted molar refractivity (Wildman–Crippen MR) is 114 cm³/mol. The summed E-state index contributed by atoms with van der Waals surface area (Å²) in [5.41, 5.74) is 3.59. The first kappa shape index (κ1) is 21.1. The molecule has 6 heteroatoms. The fraction of sp³-hybridized carbons (Fsp3) is 0.522. The van der Waals surface area contributed by atoms with Crippen LogP contribution in [0.4, 0.5) is 0 Å². The molecule has 0 saturated carbocycles. The highest BCUT2D eigenvalue weighted by atomic mass is 16.2. The van der Waals surface area contributed by atoms with Crippen molar-refractivity contribution < 1.29 is 9.59 Å². The van der Waals surface area contributed by atoms with Gasteiger partial charge in [-0.15, -0.1) is 0 Å². The maximum atomic E-state index is 13.1. The highest BCUT2D eigenvalue weighted by molar-refractivity contribution is 5.95. The number of rotatable bonds is 6. The molecule has 0 atom stereocenters. The molecule has 29 heavy (non-hydrogen) atoms. The third-order valence-corrected chi connectivity index (χ3v) is 5.94. The number of carbonyl (C=O) groups is 2. The van der Waals surface area contributed by atoms with Gasteiger partial charge in [0, 0.05) is 32.6 Å². The van der Waals surface area contributed by atoms with Gasteiger partial charge in [-0.2, -0.15) is 5.10 Å². The summed E-state index contributed by atoms with van der Waals surface area (Å²) in [5.74, 6) is 0.248. The van der Waals surface area contributed by atoms with Gasteiger partial charge in [0.15, 0.2) is 0 Å². The summed E-state index contributed by atoms with van der Waals surface area (Å²) in [5, 5.41) is 4.47. The average Bonchev–Trinajstić information content (AvgIpc) is 3.12. The Morgan fingerprint density at radius 2 is 1.86 bits per heavy atom. The Hall–Kier alpha value is -2.63. The Bertz CT molecular complexity index is 866. The summed E-state index contributed by atoms with van der Waals surface area (Å²) in [4.78, 5) is 29.4. The minimum Gasteiger partial charge on any atom is -0.346 e. The number of piperidine rings is 1. The molecule has 156 valence electrons. The number of nitrogens with zero attached hydrogens (tertiary/aromatic N) is 4. The van der Waals surface area contributed by atoms with Gasteiger partial charge in [0.1, 0.15) is 0 Å². The lowest BCUT2D eigenvalue weighted by atomic mass is 9.95. The van der Waals surface area contributed by atoms with Crippen LogP contribution in [0.3, 0.4) is 0 Å². The lowest BCUT2D eigenvalue weighted by Gasteiger charge is -2.33. The molecule has 0 N–H and O–H groups in total. The SMILES string of the molecule is CCCCN(C)C(=O)C1CCN(C(=O)c2cnn(-c3ccccc3C)c2C)CC1. The molecule has 1 aliphatic heterocycles. The Labute approximate surface area is 173 Å². The molecule has 0 spiro atoms. The van der Waals surface area contributed by atoms with Gasteiger partial charge in [-0.25, -0.2) is 4.68 Å². The van der Waals surface area contributed by atoms with Crippen molar-refractivity contribution in [2.75, 3.05) is 26.7 Å². The van der Waals surface area contributed by atoms with E-state index in [2.05, 4.69) is 12.0 Å². The zero-order valence-electron chi connectivity index (χ0n) is 18.0. The monoisotopic (exact) mass is 396 g/mol. The second-order valence-corrected chi connectivity index (χ2v) is 8.02. The Balaban J connectivity index is 1.65. The molecule has 0 radical (unpaired) electrons. The fourth-order valence-electron chi connectivity index (χ4n) is 3.98. The summed E-state index contributed by atoms with van der Waals surface area (Å²) >= 11 is 0. The van der Waals surface area contributed by atoms with Gasteiger partial charge in [0.05, 0.1) is 23.1 Å². The van der Waals surface area contributed by atoms with Crippen LogP contribution in [0.2, 0.25) is 0 Å². The van der Waals surface area contributed by atoms with E-state index < -0.39 is 0 Å². The molecule has 0 bridgehead atoms. The average molecular weight is 397 g/mol. The number of benzene rings is 1. The van der Waals surface area contributed by atoms with E-state index in [-0.39, 0.29) is 17.7 Å². The van der Waals surface area contributed by atoms with Crippen LogP contribution in [-0.4, -0.2) is 58.1 Å². The van der Waals surface area contributed by atoms with E-state index in [0.29, 0.717) is 18.7 Å². The molecular weight excluding hydrogens is 364 g/mol. The van der Waals surface area contributed by atoms with Crippen LogP contribution in [-0.2, 0) is 4.79 Å². The number of aromatic nitrogens is 2. The van der Waals surface area contributed by atoms with Gasteiger partial charge < -0.3 is 9.80 Å². The molecule has 1 aromatic carbocycles. The van der Waals surface area contributed by atoms with Crippen molar-refractivity contribution in [3.63, 3.8) is 0 Å². The molecule has 1 aliphatic rings. The molecule has 0 aliphatic carbocycles. The molecule has 1 saturated heterocycles. The summed E-state index contributed by atoms with van der Waals surface area (Å²) in [6, 6.07) is 8.02. The topological polar surface area (TPSA) is 58.4 Å². The van der Waals surface area contributed by atoms with Crippen LogP contribution in [0, 0.1) is 19.8 Å².